The Kier molecular flexibility index (Phi) is 6.98. The van der Waals surface area contributed by atoms with Crippen LogP contribution in [-0.2, 0) is 19.6 Å². The number of carbonyl (C=O) groups is 1. The predicted molar refractivity (Wildman–Crippen MR) is 121 cm³/mol. The summed E-state index contributed by atoms with van der Waals surface area (Å²) in [4.78, 5) is 16.9. The number of nitrogens with zero attached hydrogens (tertiary/aromatic N) is 3. The van der Waals surface area contributed by atoms with Crippen LogP contribution in [0.15, 0.2) is 53.4 Å². The van der Waals surface area contributed by atoms with Crippen molar-refractivity contribution < 1.29 is 22.7 Å². The molecule has 8 nitrogen and oxygen atoms in total. The lowest BCUT2D eigenvalue weighted by Gasteiger charge is -2.36. The van der Waals surface area contributed by atoms with Crippen LogP contribution in [0.5, 0.6) is 5.75 Å². The van der Waals surface area contributed by atoms with Gasteiger partial charge in [0, 0.05) is 45.0 Å². The van der Waals surface area contributed by atoms with Crippen molar-refractivity contribution in [2.75, 3.05) is 64.0 Å². The highest BCUT2D eigenvalue weighted by atomic mass is 32.2. The van der Waals surface area contributed by atoms with Gasteiger partial charge < -0.3 is 19.3 Å². The summed E-state index contributed by atoms with van der Waals surface area (Å²) in [7, 11) is -3.56. The molecule has 2 aliphatic rings. The fourth-order valence-electron chi connectivity index (χ4n) is 3.96. The summed E-state index contributed by atoms with van der Waals surface area (Å²) in [6.45, 7) is 6.09. The average molecular weight is 460 g/mol. The van der Waals surface area contributed by atoms with Crippen molar-refractivity contribution in [2.24, 2.45) is 0 Å². The first-order valence-electron chi connectivity index (χ1n) is 10.8. The molecule has 2 aliphatic heterocycles. The second kappa shape index (κ2) is 9.89. The van der Waals surface area contributed by atoms with Gasteiger partial charge in [0.05, 0.1) is 18.1 Å². The Morgan fingerprint density at radius 2 is 1.66 bits per heavy atom. The van der Waals surface area contributed by atoms with E-state index in [4.69, 9.17) is 9.47 Å². The zero-order valence-electron chi connectivity index (χ0n) is 18.3. The predicted octanol–water partition coefficient (Wildman–Crippen LogP) is 1.74. The van der Waals surface area contributed by atoms with Crippen LogP contribution in [0.4, 0.5) is 5.69 Å². The zero-order valence-corrected chi connectivity index (χ0v) is 19.1. The van der Waals surface area contributed by atoms with Gasteiger partial charge in [-0.25, -0.2) is 8.42 Å². The van der Waals surface area contributed by atoms with Gasteiger partial charge in [-0.3, -0.25) is 4.79 Å². The molecule has 0 spiro atoms. The Morgan fingerprint density at radius 1 is 0.969 bits per heavy atom. The van der Waals surface area contributed by atoms with E-state index in [0.29, 0.717) is 50.7 Å². The van der Waals surface area contributed by atoms with Gasteiger partial charge in [0.15, 0.2) is 6.61 Å². The number of hydrogen-bond donors (Lipinski definition) is 0. The van der Waals surface area contributed by atoms with Gasteiger partial charge in [-0.05, 0) is 42.8 Å². The van der Waals surface area contributed by atoms with Crippen molar-refractivity contribution in [3.8, 4) is 5.75 Å². The molecule has 2 heterocycles. The number of ether oxygens (including phenoxy) is 2. The molecular formula is C23H29N3O5S. The second-order valence-corrected chi connectivity index (χ2v) is 9.87. The lowest BCUT2D eigenvalue weighted by Crippen LogP contribution is -2.50. The van der Waals surface area contributed by atoms with Gasteiger partial charge >= 0.3 is 0 Å². The molecule has 2 aromatic carbocycles. The van der Waals surface area contributed by atoms with Crippen molar-refractivity contribution in [1.82, 2.24) is 9.21 Å². The first-order chi connectivity index (χ1) is 15.4. The molecule has 1 amide bonds. The third kappa shape index (κ3) is 5.06. The quantitative estimate of drug-likeness (QED) is 0.655. The maximum atomic E-state index is 12.8. The third-order valence-corrected chi connectivity index (χ3v) is 7.75. The molecule has 0 atom stereocenters. The lowest BCUT2D eigenvalue weighted by atomic mass is 10.2. The Balaban J connectivity index is 1.31. The average Bonchev–Trinajstić information content (AvgIpc) is 2.84. The number of amides is 1. The molecule has 0 aliphatic carbocycles. The summed E-state index contributed by atoms with van der Waals surface area (Å²) in [5.41, 5.74) is 1.85. The van der Waals surface area contributed by atoms with Crippen molar-refractivity contribution in [2.45, 2.75) is 11.8 Å². The summed E-state index contributed by atoms with van der Waals surface area (Å²) in [6.07, 6.45) is 0. The molecular weight excluding hydrogens is 430 g/mol. The molecule has 0 saturated carbocycles. The number of piperazine rings is 1. The number of anilines is 1. The maximum Gasteiger partial charge on any atom is 0.260 e. The Hall–Kier alpha value is -2.62. The zero-order chi connectivity index (χ0) is 22.6. The Labute approximate surface area is 189 Å². The van der Waals surface area contributed by atoms with E-state index in [2.05, 4.69) is 17.0 Å². The fraction of sp³-hybridized carbons (Fsp3) is 0.435. The monoisotopic (exact) mass is 459 g/mol. The molecule has 32 heavy (non-hydrogen) atoms. The number of para-hydroxylation sites is 1. The van der Waals surface area contributed by atoms with Crippen LogP contribution in [0.1, 0.15) is 5.56 Å². The molecule has 0 bridgehead atoms. The summed E-state index contributed by atoms with van der Waals surface area (Å²) < 4.78 is 38.1. The minimum absolute atomic E-state index is 0.0675. The second-order valence-electron chi connectivity index (χ2n) is 7.94. The SMILES string of the molecule is Cc1cc(S(=O)(=O)N2CCOCC2)ccc1OCC(=O)N1CCN(c2ccccc2)CC1. The number of morpholine rings is 1. The molecule has 0 aromatic heterocycles. The number of rotatable bonds is 6. The molecule has 0 radical (unpaired) electrons. The van der Waals surface area contributed by atoms with E-state index in [0.717, 1.165) is 13.1 Å². The molecule has 0 N–H and O–H groups in total. The Morgan fingerprint density at radius 3 is 2.31 bits per heavy atom. The van der Waals surface area contributed by atoms with Crippen molar-refractivity contribution >= 4 is 21.6 Å². The number of aryl methyl sites for hydroxylation is 1. The standard InChI is InChI=1S/C23H29N3O5S/c1-19-17-21(32(28,29)26-13-15-30-16-14-26)7-8-22(19)31-18-23(27)25-11-9-24(10-12-25)20-5-3-2-4-6-20/h2-8,17H,9-16,18H2,1H3. The van der Waals surface area contributed by atoms with Gasteiger partial charge in [-0.2, -0.15) is 4.31 Å². The fourth-order valence-corrected chi connectivity index (χ4v) is 5.46. The van der Waals surface area contributed by atoms with Gasteiger partial charge in [0.25, 0.3) is 5.91 Å². The molecule has 172 valence electrons. The van der Waals surface area contributed by atoms with Gasteiger partial charge in [-0.15, -0.1) is 0 Å². The highest BCUT2D eigenvalue weighted by Gasteiger charge is 2.27. The van der Waals surface area contributed by atoms with E-state index in [-0.39, 0.29) is 17.4 Å². The highest BCUT2D eigenvalue weighted by molar-refractivity contribution is 7.89. The molecule has 2 aromatic rings. The van der Waals surface area contributed by atoms with Crippen molar-refractivity contribution in [1.29, 1.82) is 0 Å². The van der Waals surface area contributed by atoms with Crippen LogP contribution in [0.2, 0.25) is 0 Å². The van der Waals surface area contributed by atoms with E-state index in [1.165, 1.54) is 16.1 Å². The first-order valence-corrected chi connectivity index (χ1v) is 12.3. The van der Waals surface area contributed by atoms with Crippen molar-refractivity contribution in [3.05, 3.63) is 54.1 Å². The Bertz CT molecular complexity index is 1030. The molecule has 4 rings (SSSR count). The van der Waals surface area contributed by atoms with Gasteiger partial charge in [0.1, 0.15) is 5.75 Å². The van der Waals surface area contributed by atoms with E-state index in [1.807, 2.05) is 23.1 Å². The molecule has 2 fully saturated rings. The number of benzene rings is 2. The van der Waals surface area contributed by atoms with E-state index < -0.39 is 10.0 Å². The van der Waals surface area contributed by atoms with E-state index in [9.17, 15) is 13.2 Å². The third-order valence-electron chi connectivity index (χ3n) is 5.86. The van der Waals surface area contributed by atoms with Crippen molar-refractivity contribution in [3.63, 3.8) is 0 Å². The molecule has 2 saturated heterocycles. The highest BCUT2D eigenvalue weighted by Crippen LogP contribution is 2.25. The van der Waals surface area contributed by atoms with Gasteiger partial charge in [-0.1, -0.05) is 18.2 Å². The van der Waals surface area contributed by atoms with Crippen LogP contribution < -0.4 is 9.64 Å². The summed E-state index contributed by atoms with van der Waals surface area (Å²) in [5, 5.41) is 0. The summed E-state index contributed by atoms with van der Waals surface area (Å²) >= 11 is 0. The summed E-state index contributed by atoms with van der Waals surface area (Å²) in [5.74, 6) is 0.448. The minimum atomic E-state index is -3.56. The van der Waals surface area contributed by atoms with Crippen LogP contribution in [0, 0.1) is 6.92 Å². The number of carbonyl (C=O) groups excluding carboxylic acids is 1. The minimum Gasteiger partial charge on any atom is -0.483 e. The van der Waals surface area contributed by atoms with Crippen LogP contribution >= 0.6 is 0 Å². The molecule has 0 unspecified atom stereocenters. The lowest BCUT2D eigenvalue weighted by molar-refractivity contribution is -0.133. The normalized spacial score (nSPS) is 17.9. The summed E-state index contributed by atoms with van der Waals surface area (Å²) in [6, 6.07) is 14.9. The van der Waals surface area contributed by atoms with Crippen LogP contribution in [0.3, 0.4) is 0 Å². The van der Waals surface area contributed by atoms with E-state index in [1.54, 1.807) is 19.1 Å². The first kappa shape index (κ1) is 22.6. The smallest absolute Gasteiger partial charge is 0.260 e. The largest absolute Gasteiger partial charge is 0.483 e. The number of hydrogen-bond acceptors (Lipinski definition) is 6. The van der Waals surface area contributed by atoms with E-state index >= 15 is 0 Å². The van der Waals surface area contributed by atoms with Crippen LogP contribution in [-0.4, -0.2) is 82.6 Å². The maximum absolute atomic E-state index is 12.8. The van der Waals surface area contributed by atoms with Gasteiger partial charge in [0.2, 0.25) is 10.0 Å². The number of sulfonamides is 1. The van der Waals surface area contributed by atoms with Crippen LogP contribution in [0.25, 0.3) is 0 Å². The molecule has 9 heteroatoms. The topological polar surface area (TPSA) is 79.4 Å².